The fourth-order valence-corrected chi connectivity index (χ4v) is 8.75. The van der Waals surface area contributed by atoms with E-state index in [1.54, 1.807) is 0 Å². The number of carbonyl (C=O) groups excluding carboxylic acids is 1. The quantitative estimate of drug-likeness (QED) is 0.558. The lowest BCUT2D eigenvalue weighted by atomic mass is 9.78. The maximum absolute atomic E-state index is 13.9. The summed E-state index contributed by atoms with van der Waals surface area (Å²) in [5.74, 6) is 0.980. The number of piperidine rings is 2. The zero-order chi connectivity index (χ0) is 27.7. The average molecular weight is 533 g/mol. The standard InChI is InChI=1S/C27H48N8O3/c1-18-30-14-28(19-10-24(2,3)34(37)25(4,5)11-19)16-32-21(30)22-31(18)15-29(17-33(22)23(32)36)20-12-26(6,7)35(38)27(8,9)13-20/h19-22,37-38H,1,10-17H2,2-9H3. The molecule has 0 radical (unpaired) electrons. The minimum atomic E-state index is -0.349. The van der Waals surface area contributed by atoms with Crippen LogP contribution in [0.1, 0.15) is 81.1 Å². The first-order valence-corrected chi connectivity index (χ1v) is 14.2. The van der Waals surface area contributed by atoms with Crippen molar-refractivity contribution in [2.45, 2.75) is 128 Å². The molecule has 0 spiro atoms. The lowest BCUT2D eigenvalue weighted by Crippen LogP contribution is -2.67. The van der Waals surface area contributed by atoms with E-state index in [2.05, 4.69) is 81.6 Å². The summed E-state index contributed by atoms with van der Waals surface area (Å²) in [5, 5.41) is 24.7. The molecule has 0 aromatic rings. The highest BCUT2D eigenvalue weighted by molar-refractivity contribution is 5.78. The van der Waals surface area contributed by atoms with Gasteiger partial charge in [-0.05, 0) is 81.1 Å². The normalized spacial score (nSPS) is 35.9. The predicted octanol–water partition coefficient (Wildman–Crippen LogP) is 2.75. The van der Waals surface area contributed by atoms with Crippen molar-refractivity contribution >= 4 is 6.03 Å². The zero-order valence-electron chi connectivity index (χ0n) is 24.6. The highest BCUT2D eigenvalue weighted by Gasteiger charge is 2.63. The van der Waals surface area contributed by atoms with Gasteiger partial charge in [-0.2, -0.15) is 10.1 Å². The van der Waals surface area contributed by atoms with E-state index in [1.807, 2.05) is 9.80 Å². The Hall–Kier alpha value is -1.63. The molecule has 6 aliphatic rings. The number of urea groups is 1. The summed E-state index contributed by atoms with van der Waals surface area (Å²) in [4.78, 5) is 27.5. The number of carbonyl (C=O) groups is 1. The van der Waals surface area contributed by atoms with Crippen molar-refractivity contribution in [3.63, 3.8) is 0 Å². The van der Waals surface area contributed by atoms with Gasteiger partial charge in [-0.1, -0.05) is 6.58 Å². The molecule has 2 atom stereocenters. The molecule has 0 aromatic carbocycles. The molecule has 2 N–H and O–H groups in total. The number of nitrogens with zero attached hydrogens (tertiary/aromatic N) is 8. The predicted molar refractivity (Wildman–Crippen MR) is 142 cm³/mol. The molecule has 0 aromatic heterocycles. The topological polar surface area (TPSA) is 83.5 Å². The summed E-state index contributed by atoms with van der Waals surface area (Å²) in [6.45, 7) is 24.0. The third kappa shape index (κ3) is 3.65. The van der Waals surface area contributed by atoms with Gasteiger partial charge < -0.3 is 20.2 Å². The van der Waals surface area contributed by atoms with E-state index in [1.165, 1.54) is 10.1 Å². The van der Waals surface area contributed by atoms with E-state index in [4.69, 9.17) is 0 Å². The van der Waals surface area contributed by atoms with Crippen LogP contribution in [0.25, 0.3) is 0 Å². The highest BCUT2D eigenvalue weighted by Crippen LogP contribution is 2.47. The Bertz CT molecular complexity index is 882. The molecule has 38 heavy (non-hydrogen) atoms. The second-order valence-corrected chi connectivity index (χ2v) is 15.1. The van der Waals surface area contributed by atoms with Crippen molar-refractivity contribution in [1.82, 2.24) is 39.5 Å². The largest absolute Gasteiger partial charge is 0.325 e. The molecule has 6 heterocycles. The molecule has 6 rings (SSSR count). The SMILES string of the molecule is C=C1N2CN(C3CC(C)(C)N(O)C(C)(C)C3)CN3C(=O)N4CN(C5CC(C)(C)N(O)C(C)(C)C5)CN1C4C23. The van der Waals surface area contributed by atoms with Crippen LogP contribution in [0.5, 0.6) is 0 Å². The van der Waals surface area contributed by atoms with Crippen LogP contribution in [0.4, 0.5) is 4.79 Å². The Morgan fingerprint density at radius 1 is 0.605 bits per heavy atom. The molecule has 0 aliphatic carbocycles. The summed E-state index contributed by atoms with van der Waals surface area (Å²) in [6, 6.07) is 0.589. The van der Waals surface area contributed by atoms with Crippen LogP contribution >= 0.6 is 0 Å². The van der Waals surface area contributed by atoms with Gasteiger partial charge in [0.2, 0.25) is 0 Å². The third-order valence-corrected chi connectivity index (χ3v) is 10.3. The fourth-order valence-electron chi connectivity index (χ4n) is 8.75. The second kappa shape index (κ2) is 7.98. The molecule has 2 amide bonds. The van der Waals surface area contributed by atoms with Gasteiger partial charge >= 0.3 is 6.03 Å². The molecule has 6 aliphatic heterocycles. The van der Waals surface area contributed by atoms with Crippen LogP contribution < -0.4 is 0 Å². The number of hydrogen-bond acceptors (Lipinski definition) is 9. The van der Waals surface area contributed by atoms with Crippen LogP contribution in [0.15, 0.2) is 12.4 Å². The van der Waals surface area contributed by atoms with Gasteiger partial charge in [0.05, 0.1) is 26.7 Å². The molecule has 0 bridgehead atoms. The summed E-state index contributed by atoms with van der Waals surface area (Å²) >= 11 is 0. The number of amides is 2. The number of rotatable bonds is 2. The highest BCUT2D eigenvalue weighted by atomic mass is 16.5. The molecule has 2 unspecified atom stereocenters. The van der Waals surface area contributed by atoms with Crippen LogP contribution in [0, 0.1) is 0 Å². The van der Waals surface area contributed by atoms with E-state index >= 15 is 0 Å². The molecule has 11 heteroatoms. The molecule has 6 fully saturated rings. The molecule has 0 saturated carbocycles. The molecule has 6 saturated heterocycles. The van der Waals surface area contributed by atoms with Crippen molar-refractivity contribution in [2.75, 3.05) is 26.7 Å². The number of hydrogen-bond donors (Lipinski definition) is 2. The van der Waals surface area contributed by atoms with Crippen LogP contribution in [0.3, 0.4) is 0 Å². The maximum Gasteiger partial charge on any atom is 0.325 e. The first kappa shape index (κ1) is 26.6. The van der Waals surface area contributed by atoms with Crippen LogP contribution in [-0.4, -0.2) is 129 Å². The third-order valence-electron chi connectivity index (χ3n) is 10.3. The lowest BCUT2D eigenvalue weighted by molar-refractivity contribution is -0.255. The van der Waals surface area contributed by atoms with Gasteiger partial charge in [0.15, 0.2) is 0 Å². The van der Waals surface area contributed by atoms with Crippen molar-refractivity contribution in [3.05, 3.63) is 12.4 Å². The minimum Gasteiger partial charge on any atom is -0.321 e. The van der Waals surface area contributed by atoms with E-state index < -0.39 is 0 Å². The second-order valence-electron chi connectivity index (χ2n) is 15.1. The molecule has 214 valence electrons. The van der Waals surface area contributed by atoms with Gasteiger partial charge in [-0.3, -0.25) is 19.6 Å². The Morgan fingerprint density at radius 2 is 0.895 bits per heavy atom. The van der Waals surface area contributed by atoms with Gasteiger partial charge in [0.25, 0.3) is 0 Å². The summed E-state index contributed by atoms with van der Waals surface area (Å²) in [5.41, 5.74) is -1.39. The monoisotopic (exact) mass is 532 g/mol. The summed E-state index contributed by atoms with van der Waals surface area (Å²) < 4.78 is 0. The summed E-state index contributed by atoms with van der Waals surface area (Å²) in [7, 11) is 0. The van der Waals surface area contributed by atoms with E-state index in [-0.39, 0.29) is 52.6 Å². The van der Waals surface area contributed by atoms with Gasteiger partial charge in [-0.25, -0.2) is 4.79 Å². The molecular weight excluding hydrogens is 484 g/mol. The fraction of sp³-hybridized carbons (Fsp3) is 0.889. The minimum absolute atomic E-state index is 0.0143. The van der Waals surface area contributed by atoms with Crippen molar-refractivity contribution in [1.29, 1.82) is 0 Å². The van der Waals surface area contributed by atoms with Gasteiger partial charge in [-0.15, -0.1) is 0 Å². The van der Waals surface area contributed by atoms with Crippen LogP contribution in [0.2, 0.25) is 0 Å². The van der Waals surface area contributed by atoms with Crippen molar-refractivity contribution < 1.29 is 15.2 Å². The first-order chi connectivity index (χ1) is 17.4. The van der Waals surface area contributed by atoms with Gasteiger partial charge in [0, 0.05) is 34.2 Å². The van der Waals surface area contributed by atoms with E-state index in [9.17, 15) is 15.2 Å². The molecule has 11 nitrogen and oxygen atoms in total. The Morgan fingerprint density at radius 3 is 1.21 bits per heavy atom. The maximum atomic E-state index is 13.9. The van der Waals surface area contributed by atoms with Gasteiger partial charge in [0.1, 0.15) is 18.2 Å². The first-order valence-electron chi connectivity index (χ1n) is 14.2. The Kier molecular flexibility index (Phi) is 5.58. The molecular formula is C27H48N8O3. The number of hydroxylamine groups is 4. The van der Waals surface area contributed by atoms with Crippen LogP contribution in [-0.2, 0) is 0 Å². The zero-order valence-corrected chi connectivity index (χ0v) is 24.6. The Balaban J connectivity index is 1.24. The summed E-state index contributed by atoms with van der Waals surface area (Å²) in [6.07, 6.45) is 3.30. The van der Waals surface area contributed by atoms with E-state index in [0.717, 1.165) is 44.8 Å². The smallest absolute Gasteiger partial charge is 0.321 e. The van der Waals surface area contributed by atoms with Crippen molar-refractivity contribution in [3.8, 4) is 0 Å². The lowest BCUT2D eigenvalue weighted by Gasteiger charge is -2.56. The van der Waals surface area contributed by atoms with E-state index in [0.29, 0.717) is 13.3 Å². The average Bonchev–Trinajstić information content (AvgIpc) is 3.26. The van der Waals surface area contributed by atoms with Crippen molar-refractivity contribution in [2.24, 2.45) is 0 Å². The Labute approximate surface area is 227 Å².